The van der Waals surface area contributed by atoms with Gasteiger partial charge in [-0.3, -0.25) is 4.79 Å². The Morgan fingerprint density at radius 1 is 1.26 bits per heavy atom. The number of carbonyl (C=O) groups excluding carboxylic acids is 1. The highest BCUT2D eigenvalue weighted by Crippen LogP contribution is 2.32. The predicted molar refractivity (Wildman–Crippen MR) is 104 cm³/mol. The van der Waals surface area contributed by atoms with Crippen LogP contribution in [0.25, 0.3) is 16.3 Å². The number of benzene rings is 2. The van der Waals surface area contributed by atoms with Crippen LogP contribution in [-0.2, 0) is 16.1 Å². The standard InChI is InChI=1S/C20H18N2O4S/c1-24-11-10-22-15-4-2-3-5-18(15)27-20(22)21-19(23)9-7-14-6-8-16-17(12-14)26-13-25-16/h2-9,12H,10-11,13H2,1H3. The second kappa shape index (κ2) is 7.77. The fourth-order valence-corrected chi connectivity index (χ4v) is 3.88. The van der Waals surface area contributed by atoms with E-state index in [-0.39, 0.29) is 12.7 Å². The van der Waals surface area contributed by atoms with Gasteiger partial charge in [-0.2, -0.15) is 4.99 Å². The maximum Gasteiger partial charge on any atom is 0.272 e. The van der Waals surface area contributed by atoms with Gasteiger partial charge >= 0.3 is 0 Å². The molecule has 3 aromatic rings. The summed E-state index contributed by atoms with van der Waals surface area (Å²) in [6.07, 6.45) is 3.18. The van der Waals surface area contributed by atoms with E-state index in [4.69, 9.17) is 14.2 Å². The number of hydrogen-bond acceptors (Lipinski definition) is 5. The van der Waals surface area contributed by atoms with Crippen LogP contribution in [0.5, 0.6) is 11.5 Å². The highest BCUT2D eigenvalue weighted by Gasteiger charge is 2.12. The fraction of sp³-hybridized carbons (Fsp3) is 0.200. The largest absolute Gasteiger partial charge is 0.454 e. The van der Waals surface area contributed by atoms with Crippen LogP contribution in [0.4, 0.5) is 0 Å². The quantitative estimate of drug-likeness (QED) is 0.636. The Bertz CT molecular complexity index is 1080. The first-order chi connectivity index (χ1) is 13.2. The first kappa shape index (κ1) is 17.5. The number of ether oxygens (including phenoxy) is 3. The van der Waals surface area contributed by atoms with E-state index in [0.717, 1.165) is 15.8 Å². The fourth-order valence-electron chi connectivity index (χ4n) is 2.82. The normalized spacial score (nSPS) is 13.7. The zero-order chi connectivity index (χ0) is 18.6. The van der Waals surface area contributed by atoms with Crippen LogP contribution in [0.1, 0.15) is 5.56 Å². The maximum atomic E-state index is 12.4. The molecule has 2 heterocycles. The van der Waals surface area contributed by atoms with Crippen molar-refractivity contribution >= 4 is 33.5 Å². The number of carbonyl (C=O) groups is 1. The summed E-state index contributed by atoms with van der Waals surface area (Å²) in [5.41, 5.74) is 1.90. The topological polar surface area (TPSA) is 62.1 Å². The number of aromatic nitrogens is 1. The van der Waals surface area contributed by atoms with E-state index in [1.165, 1.54) is 17.4 Å². The molecule has 0 N–H and O–H groups in total. The summed E-state index contributed by atoms with van der Waals surface area (Å²) < 4.78 is 18.9. The van der Waals surface area contributed by atoms with Crippen molar-refractivity contribution in [3.05, 3.63) is 58.9 Å². The van der Waals surface area contributed by atoms with Gasteiger partial charge in [0.1, 0.15) is 0 Å². The number of fused-ring (bicyclic) bond motifs is 2. The molecule has 0 atom stereocenters. The lowest BCUT2D eigenvalue weighted by molar-refractivity contribution is -0.113. The van der Waals surface area contributed by atoms with Crippen molar-refractivity contribution in [3.63, 3.8) is 0 Å². The zero-order valence-electron chi connectivity index (χ0n) is 14.8. The van der Waals surface area contributed by atoms with Crippen LogP contribution < -0.4 is 14.3 Å². The van der Waals surface area contributed by atoms with Crippen molar-refractivity contribution in [2.45, 2.75) is 6.54 Å². The first-order valence-corrected chi connectivity index (χ1v) is 9.30. The monoisotopic (exact) mass is 382 g/mol. The van der Waals surface area contributed by atoms with Gasteiger partial charge in [-0.05, 0) is 35.9 Å². The highest BCUT2D eigenvalue weighted by atomic mass is 32.1. The van der Waals surface area contributed by atoms with Crippen molar-refractivity contribution in [2.75, 3.05) is 20.5 Å². The summed E-state index contributed by atoms with van der Waals surface area (Å²) in [5.74, 6) is 1.08. The number of nitrogens with zero attached hydrogens (tertiary/aromatic N) is 2. The number of amides is 1. The van der Waals surface area contributed by atoms with E-state index in [0.29, 0.717) is 29.5 Å². The molecule has 0 fully saturated rings. The Balaban J connectivity index is 1.61. The van der Waals surface area contributed by atoms with E-state index < -0.39 is 0 Å². The van der Waals surface area contributed by atoms with E-state index >= 15 is 0 Å². The second-order valence-corrected chi connectivity index (χ2v) is 6.90. The average molecular weight is 382 g/mol. The number of methoxy groups -OCH3 is 1. The van der Waals surface area contributed by atoms with E-state index in [1.54, 1.807) is 13.2 Å². The molecule has 0 bridgehead atoms. The van der Waals surface area contributed by atoms with Gasteiger partial charge in [-0.25, -0.2) is 0 Å². The zero-order valence-corrected chi connectivity index (χ0v) is 15.6. The smallest absolute Gasteiger partial charge is 0.272 e. The minimum Gasteiger partial charge on any atom is -0.454 e. The van der Waals surface area contributed by atoms with Crippen LogP contribution >= 0.6 is 11.3 Å². The van der Waals surface area contributed by atoms with Crippen LogP contribution in [0.2, 0.25) is 0 Å². The van der Waals surface area contributed by atoms with Gasteiger partial charge in [-0.1, -0.05) is 29.5 Å². The third-order valence-corrected chi connectivity index (χ3v) is 5.19. The average Bonchev–Trinajstić information content (AvgIpc) is 3.28. The lowest BCUT2D eigenvalue weighted by atomic mass is 10.2. The molecule has 0 saturated heterocycles. The number of hydrogen-bond donors (Lipinski definition) is 0. The van der Waals surface area contributed by atoms with Gasteiger partial charge in [0.25, 0.3) is 5.91 Å². The van der Waals surface area contributed by atoms with E-state index in [2.05, 4.69) is 4.99 Å². The molecule has 0 radical (unpaired) electrons. The van der Waals surface area contributed by atoms with Crippen LogP contribution in [0, 0.1) is 0 Å². The summed E-state index contributed by atoms with van der Waals surface area (Å²) >= 11 is 1.49. The molecule has 27 heavy (non-hydrogen) atoms. The first-order valence-electron chi connectivity index (χ1n) is 8.48. The summed E-state index contributed by atoms with van der Waals surface area (Å²) in [6.45, 7) is 1.41. The second-order valence-electron chi connectivity index (χ2n) is 5.89. The minimum atomic E-state index is -0.314. The third kappa shape index (κ3) is 3.79. The molecule has 0 unspecified atom stereocenters. The third-order valence-electron chi connectivity index (χ3n) is 4.13. The molecule has 1 amide bonds. The predicted octanol–water partition coefficient (Wildman–Crippen LogP) is 3.22. The Labute approximate surface area is 159 Å². The van der Waals surface area contributed by atoms with Crippen LogP contribution in [0.3, 0.4) is 0 Å². The van der Waals surface area contributed by atoms with Crippen molar-refractivity contribution in [1.82, 2.24) is 4.57 Å². The highest BCUT2D eigenvalue weighted by molar-refractivity contribution is 7.16. The number of para-hydroxylation sites is 1. The molecule has 0 aliphatic carbocycles. The summed E-state index contributed by atoms with van der Waals surface area (Å²) in [5, 5.41) is 0. The summed E-state index contributed by atoms with van der Waals surface area (Å²) in [7, 11) is 1.66. The SMILES string of the molecule is COCCn1c(=NC(=O)C=Cc2ccc3c(c2)OCO3)sc2ccccc21. The Hall–Kier alpha value is -2.90. The lowest BCUT2D eigenvalue weighted by Crippen LogP contribution is -2.18. The molecular formula is C20H18N2O4S. The maximum absolute atomic E-state index is 12.4. The van der Waals surface area contributed by atoms with E-state index in [1.807, 2.05) is 47.0 Å². The van der Waals surface area contributed by atoms with Crippen LogP contribution in [-0.4, -0.2) is 31.0 Å². The van der Waals surface area contributed by atoms with E-state index in [9.17, 15) is 4.79 Å². The molecule has 7 heteroatoms. The van der Waals surface area contributed by atoms with Gasteiger partial charge in [0.05, 0.1) is 16.8 Å². The van der Waals surface area contributed by atoms with Crippen molar-refractivity contribution < 1.29 is 19.0 Å². The van der Waals surface area contributed by atoms with Gasteiger partial charge < -0.3 is 18.8 Å². The molecule has 0 saturated carbocycles. The number of thiazole rings is 1. The Kier molecular flexibility index (Phi) is 5.04. The molecular weight excluding hydrogens is 364 g/mol. The lowest BCUT2D eigenvalue weighted by Gasteiger charge is -2.03. The van der Waals surface area contributed by atoms with Gasteiger partial charge in [0.15, 0.2) is 16.3 Å². The molecule has 0 spiro atoms. The van der Waals surface area contributed by atoms with Crippen LogP contribution in [0.15, 0.2) is 53.5 Å². The molecule has 1 aliphatic heterocycles. The van der Waals surface area contributed by atoms with Gasteiger partial charge in [-0.15, -0.1) is 0 Å². The van der Waals surface area contributed by atoms with Gasteiger partial charge in [0.2, 0.25) is 6.79 Å². The van der Waals surface area contributed by atoms with Crippen molar-refractivity contribution in [3.8, 4) is 11.5 Å². The molecule has 4 rings (SSSR count). The minimum absolute atomic E-state index is 0.226. The molecule has 138 valence electrons. The molecule has 6 nitrogen and oxygen atoms in total. The number of rotatable bonds is 5. The summed E-state index contributed by atoms with van der Waals surface area (Å²) in [4.78, 5) is 17.3. The molecule has 2 aromatic carbocycles. The van der Waals surface area contributed by atoms with Crippen molar-refractivity contribution in [2.24, 2.45) is 4.99 Å². The summed E-state index contributed by atoms with van der Waals surface area (Å²) in [6, 6.07) is 13.5. The Morgan fingerprint density at radius 2 is 2.11 bits per heavy atom. The Morgan fingerprint density at radius 3 is 3.00 bits per heavy atom. The van der Waals surface area contributed by atoms with Gasteiger partial charge in [0, 0.05) is 19.7 Å². The molecule has 1 aromatic heterocycles. The van der Waals surface area contributed by atoms with Crippen molar-refractivity contribution in [1.29, 1.82) is 0 Å². The molecule has 1 aliphatic rings.